The van der Waals surface area contributed by atoms with Crippen molar-refractivity contribution in [3.8, 4) is 0 Å². The number of nitrogens with zero attached hydrogens (tertiary/aromatic N) is 10. The summed E-state index contributed by atoms with van der Waals surface area (Å²) in [4.78, 5) is 0. The van der Waals surface area contributed by atoms with E-state index in [1.807, 2.05) is 0 Å². The molecule has 0 aromatic carbocycles. The van der Waals surface area contributed by atoms with Crippen molar-refractivity contribution in [1.82, 2.24) is 28.5 Å². The molecule has 4 heterocycles. The molecule has 0 saturated heterocycles. The van der Waals surface area contributed by atoms with Crippen molar-refractivity contribution < 1.29 is 0 Å². The number of hydrogen-bond donors (Lipinski definition) is 0. The van der Waals surface area contributed by atoms with Crippen molar-refractivity contribution in [3.63, 3.8) is 0 Å². The van der Waals surface area contributed by atoms with Crippen molar-refractivity contribution in [3.05, 3.63) is 17.1 Å². The van der Waals surface area contributed by atoms with E-state index >= 15 is 0 Å². The van der Waals surface area contributed by atoms with Crippen molar-refractivity contribution in [2.45, 2.75) is 0 Å². The molecular weight excluding hydrogens is 320 g/mol. The Kier molecular flexibility index (Phi) is 2.71. The van der Waals surface area contributed by atoms with Crippen LogP contribution in [0.4, 0.5) is 16.8 Å². The van der Waals surface area contributed by atoms with Crippen molar-refractivity contribution in [2.24, 2.45) is 5.10 Å². The first kappa shape index (κ1) is 11.6. The van der Waals surface area contributed by atoms with Crippen LogP contribution in [0.1, 0.15) is 0 Å². The minimum atomic E-state index is 0.559. The lowest BCUT2D eigenvalue weighted by Gasteiger charge is -2.28. The lowest BCUT2D eigenvalue weighted by molar-refractivity contribution is 0.787. The second-order valence-electron chi connectivity index (χ2n) is 3.34. The van der Waals surface area contributed by atoms with Crippen LogP contribution >= 0.6 is 34.6 Å². The van der Waals surface area contributed by atoms with Gasteiger partial charge in [-0.15, -0.1) is 30.6 Å². The molecule has 0 spiro atoms. The van der Waals surface area contributed by atoms with Crippen molar-refractivity contribution >= 4 is 57.7 Å². The highest BCUT2D eigenvalue weighted by molar-refractivity contribution is 7.13. The second-order valence-corrected chi connectivity index (χ2v) is 5.32. The summed E-state index contributed by atoms with van der Waals surface area (Å²) in [6.45, 7) is 0. The molecule has 3 aromatic heterocycles. The van der Waals surface area contributed by atoms with E-state index in [-0.39, 0.29) is 0 Å². The summed E-state index contributed by atoms with van der Waals surface area (Å²) in [5.74, 6) is 1.14. The zero-order valence-electron chi connectivity index (χ0n) is 9.43. The van der Waals surface area contributed by atoms with E-state index in [0.717, 1.165) is 11.7 Å². The molecule has 10 nitrogen and oxygen atoms in total. The van der Waals surface area contributed by atoms with E-state index in [2.05, 4.69) is 40.0 Å². The highest BCUT2D eigenvalue weighted by Gasteiger charge is 2.34. The van der Waals surface area contributed by atoms with Gasteiger partial charge in [-0.05, 0) is 11.5 Å². The van der Waals surface area contributed by atoms with Crippen LogP contribution in [-0.4, -0.2) is 34.9 Å². The summed E-state index contributed by atoms with van der Waals surface area (Å²) < 4.78 is 12.0. The first-order chi connectivity index (χ1) is 9.93. The van der Waals surface area contributed by atoms with Crippen LogP contribution in [0.3, 0.4) is 0 Å². The standard InChI is InChI=1S/C7H3N10S3/c1-5(13-20-10-1)16-9-3-15(6-2-19-14-11-6)17(16)7-12-8-4-18-7/h1-2,4H. The van der Waals surface area contributed by atoms with E-state index in [0.29, 0.717) is 16.8 Å². The van der Waals surface area contributed by atoms with E-state index in [1.165, 1.54) is 28.0 Å². The van der Waals surface area contributed by atoms with Crippen LogP contribution < -0.4 is 15.2 Å². The van der Waals surface area contributed by atoms with E-state index < -0.39 is 0 Å². The number of rotatable bonds is 3. The molecule has 0 atom stereocenters. The molecule has 1 radical (unpaired) electrons. The third kappa shape index (κ3) is 1.79. The molecule has 20 heavy (non-hydrogen) atoms. The van der Waals surface area contributed by atoms with Crippen LogP contribution in [0.25, 0.3) is 0 Å². The monoisotopic (exact) mass is 323 g/mol. The first-order valence-electron chi connectivity index (χ1n) is 5.11. The molecule has 4 rings (SSSR count). The summed E-state index contributed by atoms with van der Waals surface area (Å²) in [7, 11) is 0. The maximum atomic E-state index is 4.17. The van der Waals surface area contributed by atoms with Gasteiger partial charge in [-0.2, -0.15) is 13.8 Å². The molecule has 13 heteroatoms. The molecule has 99 valence electrons. The number of aromatic nitrogens is 6. The third-order valence-electron chi connectivity index (χ3n) is 2.24. The van der Waals surface area contributed by atoms with Gasteiger partial charge >= 0.3 is 0 Å². The van der Waals surface area contributed by atoms with Gasteiger partial charge in [0.25, 0.3) is 0 Å². The Morgan fingerprint density at radius 3 is 2.90 bits per heavy atom. The average Bonchev–Trinajstić information content (AvgIpc) is 3.23. The SMILES string of the molecule is [C]1=NN(c2cnsn2)N(c2nncs2)N1c1csnn1. The molecule has 1 aliphatic rings. The molecule has 0 amide bonds. The Balaban J connectivity index is 1.77. The van der Waals surface area contributed by atoms with Gasteiger partial charge in [0.2, 0.25) is 17.3 Å². The fourth-order valence-corrected chi connectivity index (χ4v) is 2.82. The molecule has 0 bridgehead atoms. The van der Waals surface area contributed by atoms with E-state index in [9.17, 15) is 0 Å². The Bertz CT molecular complexity index is 647. The Morgan fingerprint density at radius 1 is 1.20 bits per heavy atom. The summed E-state index contributed by atoms with van der Waals surface area (Å²) >= 11 is 3.68. The van der Waals surface area contributed by atoms with Crippen molar-refractivity contribution in [2.75, 3.05) is 15.2 Å². The van der Waals surface area contributed by atoms with E-state index in [1.54, 1.807) is 27.2 Å². The average molecular weight is 323 g/mol. The van der Waals surface area contributed by atoms with Gasteiger partial charge in [-0.1, -0.05) is 15.8 Å². The molecule has 0 saturated carbocycles. The fourth-order valence-electron chi connectivity index (χ4n) is 1.47. The zero-order chi connectivity index (χ0) is 13.4. The highest BCUT2D eigenvalue weighted by atomic mass is 32.1. The van der Waals surface area contributed by atoms with Crippen LogP contribution in [0.15, 0.2) is 22.2 Å². The minimum absolute atomic E-state index is 0.559. The van der Waals surface area contributed by atoms with Gasteiger partial charge in [0.15, 0.2) is 5.82 Å². The minimum Gasteiger partial charge on any atom is -0.186 e. The predicted octanol–water partition coefficient (Wildman–Crippen LogP) is 0.725. The molecule has 0 N–H and O–H groups in total. The topological polar surface area (TPSA) is 99.4 Å². The summed E-state index contributed by atoms with van der Waals surface area (Å²) in [6.07, 6.45) is 4.43. The van der Waals surface area contributed by atoms with E-state index in [4.69, 9.17) is 0 Å². The molecule has 0 unspecified atom stereocenters. The summed E-state index contributed by atoms with van der Waals surface area (Å²) in [6, 6.07) is 0. The summed E-state index contributed by atoms with van der Waals surface area (Å²) in [5.41, 5.74) is 1.63. The normalized spacial score (nSPS) is 14.5. The molecule has 1 aliphatic heterocycles. The summed E-state index contributed by atoms with van der Waals surface area (Å²) in [5, 5.41) is 23.2. The maximum Gasteiger partial charge on any atom is 0.249 e. The maximum absolute atomic E-state index is 4.17. The van der Waals surface area contributed by atoms with Crippen LogP contribution in [0, 0.1) is 0 Å². The Hall–Kier alpha value is -2.25. The van der Waals surface area contributed by atoms with Gasteiger partial charge in [0, 0.05) is 0 Å². The second kappa shape index (κ2) is 4.69. The lowest BCUT2D eigenvalue weighted by atomic mass is 10.7. The number of hydrazone groups is 1. The Morgan fingerprint density at radius 2 is 2.20 bits per heavy atom. The van der Waals surface area contributed by atoms with Crippen molar-refractivity contribution in [1.29, 1.82) is 0 Å². The molecule has 0 aliphatic carbocycles. The quantitative estimate of drug-likeness (QED) is 0.690. The van der Waals surface area contributed by atoms with Gasteiger partial charge < -0.3 is 0 Å². The largest absolute Gasteiger partial charge is 0.249 e. The molecular formula is C7H3N10S3. The van der Waals surface area contributed by atoms with Crippen LogP contribution in [0.2, 0.25) is 0 Å². The highest BCUT2D eigenvalue weighted by Crippen LogP contribution is 2.30. The van der Waals surface area contributed by atoms with Gasteiger partial charge in [0.05, 0.1) is 23.3 Å². The third-order valence-corrected chi connectivity index (χ3v) is 3.86. The first-order valence-corrected chi connectivity index (χ1v) is 7.55. The predicted molar refractivity (Wildman–Crippen MR) is 74.6 cm³/mol. The van der Waals surface area contributed by atoms with Gasteiger partial charge in [0.1, 0.15) is 5.51 Å². The molecule has 3 aromatic rings. The fraction of sp³-hybridized carbons (Fsp3) is 0. The molecule has 0 fully saturated rings. The smallest absolute Gasteiger partial charge is 0.186 e. The van der Waals surface area contributed by atoms with Crippen LogP contribution in [-0.2, 0) is 0 Å². The lowest BCUT2D eigenvalue weighted by Crippen LogP contribution is -2.46. The Labute approximate surface area is 124 Å². The number of anilines is 3. The van der Waals surface area contributed by atoms with Gasteiger partial charge in [-0.25, -0.2) is 0 Å². The van der Waals surface area contributed by atoms with Crippen LogP contribution in [0.5, 0.6) is 0 Å². The van der Waals surface area contributed by atoms with Gasteiger partial charge in [-0.3, -0.25) is 0 Å². The zero-order valence-corrected chi connectivity index (χ0v) is 11.9. The number of hydrazine groups is 2. The number of hydrogen-bond acceptors (Lipinski definition) is 13.